The SMILES string of the molecule is CC(C#N)N(C)Cc1ccc(F)c(Br)c1. The molecular weight excluding hydrogens is 259 g/mol. The van der Waals surface area contributed by atoms with Gasteiger partial charge in [0, 0.05) is 6.54 Å². The van der Waals surface area contributed by atoms with Crippen LogP contribution in [0.1, 0.15) is 12.5 Å². The van der Waals surface area contributed by atoms with Gasteiger partial charge in [-0.1, -0.05) is 6.07 Å². The van der Waals surface area contributed by atoms with Crippen LogP contribution >= 0.6 is 15.9 Å². The van der Waals surface area contributed by atoms with Gasteiger partial charge in [0.1, 0.15) is 5.82 Å². The van der Waals surface area contributed by atoms with Crippen LogP contribution in [-0.4, -0.2) is 18.0 Å². The number of nitrogens with zero attached hydrogens (tertiary/aromatic N) is 2. The number of benzene rings is 1. The molecule has 0 amide bonds. The molecule has 0 N–H and O–H groups in total. The van der Waals surface area contributed by atoms with E-state index >= 15 is 0 Å². The van der Waals surface area contributed by atoms with Crippen molar-refractivity contribution in [2.45, 2.75) is 19.5 Å². The second kappa shape index (κ2) is 5.24. The zero-order valence-electron chi connectivity index (χ0n) is 8.67. The molecule has 1 unspecified atom stereocenters. The molecule has 1 atom stereocenters. The minimum atomic E-state index is -0.269. The van der Waals surface area contributed by atoms with Crippen LogP contribution in [0.25, 0.3) is 0 Å². The average Bonchev–Trinajstić information content (AvgIpc) is 2.22. The molecule has 2 nitrogen and oxygen atoms in total. The number of rotatable bonds is 3. The van der Waals surface area contributed by atoms with Gasteiger partial charge < -0.3 is 0 Å². The van der Waals surface area contributed by atoms with Crippen molar-refractivity contribution in [2.24, 2.45) is 0 Å². The van der Waals surface area contributed by atoms with Crippen molar-refractivity contribution in [2.75, 3.05) is 7.05 Å². The summed E-state index contributed by atoms with van der Waals surface area (Å²) < 4.78 is 13.4. The molecule has 0 saturated carbocycles. The van der Waals surface area contributed by atoms with Crippen molar-refractivity contribution in [3.63, 3.8) is 0 Å². The lowest BCUT2D eigenvalue weighted by Gasteiger charge is -2.18. The van der Waals surface area contributed by atoms with E-state index in [1.165, 1.54) is 6.07 Å². The minimum absolute atomic E-state index is 0.145. The van der Waals surface area contributed by atoms with Gasteiger partial charge in [-0.25, -0.2) is 4.39 Å². The highest BCUT2D eigenvalue weighted by molar-refractivity contribution is 9.10. The second-order valence-electron chi connectivity index (χ2n) is 3.47. The van der Waals surface area contributed by atoms with E-state index in [-0.39, 0.29) is 11.9 Å². The van der Waals surface area contributed by atoms with Gasteiger partial charge in [0.25, 0.3) is 0 Å². The molecule has 0 aliphatic heterocycles. The van der Waals surface area contributed by atoms with E-state index in [0.717, 1.165) is 5.56 Å². The van der Waals surface area contributed by atoms with E-state index in [4.69, 9.17) is 5.26 Å². The van der Waals surface area contributed by atoms with Crippen LogP contribution in [0.4, 0.5) is 4.39 Å². The monoisotopic (exact) mass is 270 g/mol. The Morgan fingerprint density at radius 2 is 2.27 bits per heavy atom. The zero-order chi connectivity index (χ0) is 11.4. The smallest absolute Gasteiger partial charge is 0.137 e. The summed E-state index contributed by atoms with van der Waals surface area (Å²) in [5, 5.41) is 8.72. The number of halogens is 2. The van der Waals surface area contributed by atoms with Crippen LogP contribution in [0, 0.1) is 17.1 Å². The third-order valence-electron chi connectivity index (χ3n) is 2.26. The summed E-state index contributed by atoms with van der Waals surface area (Å²) in [7, 11) is 1.87. The summed E-state index contributed by atoms with van der Waals surface area (Å²) in [5.41, 5.74) is 0.980. The van der Waals surface area contributed by atoms with Gasteiger partial charge in [0.2, 0.25) is 0 Å². The summed E-state index contributed by atoms with van der Waals surface area (Å²) >= 11 is 3.13. The van der Waals surface area contributed by atoms with Gasteiger partial charge in [-0.2, -0.15) is 5.26 Å². The maximum atomic E-state index is 12.9. The highest BCUT2D eigenvalue weighted by Crippen LogP contribution is 2.18. The van der Waals surface area contributed by atoms with Gasteiger partial charge in [-0.05, 0) is 47.6 Å². The fourth-order valence-corrected chi connectivity index (χ4v) is 1.59. The maximum Gasteiger partial charge on any atom is 0.137 e. The first kappa shape index (κ1) is 12.2. The predicted octanol–water partition coefficient (Wildman–Crippen LogP) is 2.93. The molecule has 0 fully saturated rings. The first-order valence-electron chi connectivity index (χ1n) is 4.58. The highest BCUT2D eigenvalue weighted by Gasteiger charge is 2.09. The van der Waals surface area contributed by atoms with Crippen LogP contribution < -0.4 is 0 Å². The second-order valence-corrected chi connectivity index (χ2v) is 4.32. The van der Waals surface area contributed by atoms with Crippen molar-refractivity contribution >= 4 is 15.9 Å². The van der Waals surface area contributed by atoms with Gasteiger partial charge >= 0.3 is 0 Å². The maximum absolute atomic E-state index is 12.9. The molecule has 80 valence electrons. The molecule has 0 aliphatic carbocycles. The van der Waals surface area contributed by atoms with E-state index in [9.17, 15) is 4.39 Å². The molecular formula is C11H12BrFN2. The predicted molar refractivity (Wildman–Crippen MR) is 60.6 cm³/mol. The van der Waals surface area contributed by atoms with E-state index in [1.807, 2.05) is 18.9 Å². The topological polar surface area (TPSA) is 27.0 Å². The summed E-state index contributed by atoms with van der Waals surface area (Å²) in [4.78, 5) is 1.90. The Labute approximate surface area is 97.4 Å². The Morgan fingerprint density at radius 1 is 1.60 bits per heavy atom. The molecule has 0 aliphatic rings. The average molecular weight is 271 g/mol. The van der Waals surface area contributed by atoms with E-state index in [0.29, 0.717) is 11.0 Å². The lowest BCUT2D eigenvalue weighted by atomic mass is 10.2. The van der Waals surface area contributed by atoms with Crippen LogP contribution in [-0.2, 0) is 6.54 Å². The molecule has 15 heavy (non-hydrogen) atoms. The van der Waals surface area contributed by atoms with Crippen LogP contribution in [0.3, 0.4) is 0 Å². The molecule has 4 heteroatoms. The lowest BCUT2D eigenvalue weighted by Crippen LogP contribution is -2.26. The fraction of sp³-hybridized carbons (Fsp3) is 0.364. The molecule has 0 aromatic heterocycles. The van der Waals surface area contributed by atoms with Crippen LogP contribution in [0.2, 0.25) is 0 Å². The first-order chi connectivity index (χ1) is 7.04. The Kier molecular flexibility index (Phi) is 4.25. The lowest BCUT2D eigenvalue weighted by molar-refractivity contribution is 0.294. The normalized spacial score (nSPS) is 12.5. The summed E-state index contributed by atoms with van der Waals surface area (Å²) in [6, 6.07) is 6.88. The van der Waals surface area contributed by atoms with E-state index < -0.39 is 0 Å². The van der Waals surface area contributed by atoms with Gasteiger partial charge in [-0.3, -0.25) is 4.90 Å². The molecule has 0 spiro atoms. The summed E-state index contributed by atoms with van der Waals surface area (Å²) in [6.07, 6.45) is 0. The molecule has 1 rings (SSSR count). The largest absolute Gasteiger partial charge is 0.287 e. The Bertz CT molecular complexity index is 387. The molecule has 1 aromatic carbocycles. The Hall–Kier alpha value is -0.920. The van der Waals surface area contributed by atoms with E-state index in [2.05, 4.69) is 22.0 Å². The standard InChI is InChI=1S/C11H12BrFN2/c1-8(6-14)15(2)7-9-3-4-11(13)10(12)5-9/h3-5,8H,7H2,1-2H3. The van der Waals surface area contributed by atoms with Crippen molar-refractivity contribution in [1.82, 2.24) is 4.90 Å². The number of hydrogen-bond acceptors (Lipinski definition) is 2. The van der Waals surface area contributed by atoms with E-state index in [1.54, 1.807) is 12.1 Å². The molecule has 1 aromatic rings. The first-order valence-corrected chi connectivity index (χ1v) is 5.37. The Morgan fingerprint density at radius 3 is 2.80 bits per heavy atom. The van der Waals surface area contributed by atoms with Crippen molar-refractivity contribution < 1.29 is 4.39 Å². The van der Waals surface area contributed by atoms with Gasteiger partial charge in [-0.15, -0.1) is 0 Å². The van der Waals surface area contributed by atoms with Gasteiger partial charge in [0.05, 0.1) is 16.6 Å². The van der Waals surface area contributed by atoms with Crippen molar-refractivity contribution in [1.29, 1.82) is 5.26 Å². The third kappa shape index (κ3) is 3.29. The van der Waals surface area contributed by atoms with Crippen LogP contribution in [0.5, 0.6) is 0 Å². The molecule has 0 radical (unpaired) electrons. The highest BCUT2D eigenvalue weighted by atomic mass is 79.9. The Balaban J connectivity index is 2.74. The minimum Gasteiger partial charge on any atom is -0.287 e. The van der Waals surface area contributed by atoms with Crippen molar-refractivity contribution in [3.05, 3.63) is 34.1 Å². The number of nitriles is 1. The quantitative estimate of drug-likeness (QED) is 0.845. The molecule has 0 bridgehead atoms. The molecule has 0 saturated heterocycles. The fourth-order valence-electron chi connectivity index (χ4n) is 1.16. The summed E-state index contributed by atoms with van der Waals surface area (Å²) in [5.74, 6) is -0.269. The zero-order valence-corrected chi connectivity index (χ0v) is 10.3. The number of hydrogen-bond donors (Lipinski definition) is 0. The summed E-state index contributed by atoms with van der Waals surface area (Å²) in [6.45, 7) is 2.46. The third-order valence-corrected chi connectivity index (χ3v) is 2.87. The van der Waals surface area contributed by atoms with Crippen molar-refractivity contribution in [3.8, 4) is 6.07 Å². The van der Waals surface area contributed by atoms with Crippen LogP contribution in [0.15, 0.2) is 22.7 Å². The van der Waals surface area contributed by atoms with Gasteiger partial charge in [0.15, 0.2) is 0 Å². The molecule has 0 heterocycles.